The fourth-order valence-corrected chi connectivity index (χ4v) is 5.86. The van der Waals surface area contributed by atoms with Gasteiger partial charge in [-0.25, -0.2) is 4.98 Å². The van der Waals surface area contributed by atoms with E-state index >= 15 is 0 Å². The van der Waals surface area contributed by atoms with Crippen molar-refractivity contribution in [2.45, 2.75) is 70.8 Å². The molecule has 2 saturated heterocycles. The van der Waals surface area contributed by atoms with Gasteiger partial charge >= 0.3 is 0 Å². The number of rotatable bonds is 7. The first-order valence-electron chi connectivity index (χ1n) is 12.3. The summed E-state index contributed by atoms with van der Waals surface area (Å²) in [5, 5.41) is 10.3. The number of guanidine groups is 1. The van der Waals surface area contributed by atoms with Crippen molar-refractivity contribution in [2.75, 3.05) is 44.2 Å². The molecule has 7 nitrogen and oxygen atoms in total. The molecule has 0 spiro atoms. The molecule has 3 heterocycles. The van der Waals surface area contributed by atoms with Crippen molar-refractivity contribution in [3.8, 4) is 0 Å². The number of nitrogens with one attached hydrogen (secondary N) is 2. The fourth-order valence-electron chi connectivity index (χ4n) is 4.95. The first-order valence-corrected chi connectivity index (χ1v) is 13.1. The van der Waals surface area contributed by atoms with Gasteiger partial charge in [-0.05, 0) is 39.0 Å². The maximum Gasteiger partial charge on any atom is 0.225 e. The van der Waals surface area contributed by atoms with E-state index in [9.17, 15) is 4.79 Å². The molecule has 1 saturated carbocycles. The number of carbonyl (C=O) groups excluding carboxylic acids is 1. The van der Waals surface area contributed by atoms with Crippen LogP contribution in [0.3, 0.4) is 0 Å². The van der Waals surface area contributed by atoms with Gasteiger partial charge in [0.15, 0.2) is 11.1 Å². The highest BCUT2D eigenvalue weighted by atomic mass is 127. The Balaban J connectivity index is 0.00000289. The molecular formula is C23H39IN6OS. The van der Waals surface area contributed by atoms with Crippen LogP contribution in [0.25, 0.3) is 0 Å². The van der Waals surface area contributed by atoms with E-state index in [2.05, 4.69) is 32.7 Å². The number of anilines is 1. The van der Waals surface area contributed by atoms with E-state index in [1.807, 2.05) is 0 Å². The Morgan fingerprint density at radius 2 is 1.94 bits per heavy atom. The van der Waals surface area contributed by atoms with Crippen LogP contribution in [0.5, 0.6) is 0 Å². The van der Waals surface area contributed by atoms with Crippen molar-refractivity contribution in [2.24, 2.45) is 10.9 Å². The number of likely N-dealkylation sites (tertiary alicyclic amines) is 1. The van der Waals surface area contributed by atoms with Crippen LogP contribution in [0.4, 0.5) is 5.13 Å². The average molecular weight is 575 g/mol. The molecule has 1 atom stereocenters. The highest BCUT2D eigenvalue weighted by Gasteiger charge is 2.31. The van der Waals surface area contributed by atoms with Crippen LogP contribution < -0.4 is 15.5 Å². The number of halogens is 1. The van der Waals surface area contributed by atoms with E-state index < -0.39 is 0 Å². The number of hydrogen-bond donors (Lipinski definition) is 2. The molecule has 2 aliphatic heterocycles. The molecule has 1 aromatic heterocycles. The Morgan fingerprint density at radius 3 is 2.69 bits per heavy atom. The maximum atomic E-state index is 12.8. The van der Waals surface area contributed by atoms with Gasteiger partial charge < -0.3 is 20.4 Å². The third-order valence-electron chi connectivity index (χ3n) is 6.69. The molecule has 2 N–H and O–H groups in total. The Labute approximate surface area is 213 Å². The lowest BCUT2D eigenvalue weighted by Crippen LogP contribution is -2.45. The second kappa shape index (κ2) is 13.0. The van der Waals surface area contributed by atoms with E-state index in [0.717, 1.165) is 81.7 Å². The van der Waals surface area contributed by atoms with Crippen LogP contribution in [-0.2, 0) is 11.2 Å². The van der Waals surface area contributed by atoms with Crippen molar-refractivity contribution >= 4 is 52.3 Å². The largest absolute Gasteiger partial charge is 0.357 e. The number of thiazole rings is 1. The second-order valence-corrected chi connectivity index (χ2v) is 9.91. The minimum Gasteiger partial charge on any atom is -0.357 e. The predicted molar refractivity (Wildman–Crippen MR) is 143 cm³/mol. The summed E-state index contributed by atoms with van der Waals surface area (Å²) in [6.45, 7) is 7.58. The van der Waals surface area contributed by atoms with E-state index in [1.165, 1.54) is 32.1 Å². The first-order chi connectivity index (χ1) is 15.2. The van der Waals surface area contributed by atoms with Crippen LogP contribution in [-0.4, -0.2) is 67.1 Å². The summed E-state index contributed by atoms with van der Waals surface area (Å²) < 4.78 is 0. The van der Waals surface area contributed by atoms with Gasteiger partial charge in [0.2, 0.25) is 5.91 Å². The van der Waals surface area contributed by atoms with Gasteiger partial charge in [0.25, 0.3) is 0 Å². The van der Waals surface area contributed by atoms with E-state index in [4.69, 9.17) is 9.98 Å². The quantitative estimate of drug-likeness (QED) is 0.296. The van der Waals surface area contributed by atoms with E-state index in [0.29, 0.717) is 5.91 Å². The van der Waals surface area contributed by atoms with Crippen LogP contribution in [0.2, 0.25) is 0 Å². The smallest absolute Gasteiger partial charge is 0.225 e. The summed E-state index contributed by atoms with van der Waals surface area (Å²) in [5.41, 5.74) is 1.14. The zero-order chi connectivity index (χ0) is 21.5. The Hall–Kier alpha value is -1.10. The Bertz CT molecular complexity index is 745. The Kier molecular flexibility index (Phi) is 10.3. The number of nitrogens with zero attached hydrogens (tertiary/aromatic N) is 4. The highest BCUT2D eigenvalue weighted by Crippen LogP contribution is 2.27. The molecule has 3 fully saturated rings. The number of carbonyl (C=O) groups is 1. The molecule has 1 aromatic rings. The summed E-state index contributed by atoms with van der Waals surface area (Å²) in [6, 6.07) is 0.284. The molecule has 0 aromatic carbocycles. The number of amides is 1. The number of hydrogen-bond acceptors (Lipinski definition) is 5. The minimum absolute atomic E-state index is 0. The van der Waals surface area contributed by atoms with E-state index in [-0.39, 0.29) is 35.9 Å². The summed E-state index contributed by atoms with van der Waals surface area (Å²) >= 11 is 1.75. The van der Waals surface area contributed by atoms with E-state index in [1.54, 1.807) is 11.3 Å². The second-order valence-electron chi connectivity index (χ2n) is 9.08. The van der Waals surface area contributed by atoms with Gasteiger partial charge in [0, 0.05) is 63.0 Å². The SMILES string of the molecule is CCNC(=NCCc1csc(N2CCCC2)n1)NC1CCN(C(=O)C2CCCCC2)C1.I. The van der Waals surface area contributed by atoms with Crippen molar-refractivity contribution in [3.05, 3.63) is 11.1 Å². The molecule has 1 unspecified atom stereocenters. The van der Waals surface area contributed by atoms with Crippen molar-refractivity contribution in [1.82, 2.24) is 20.5 Å². The first kappa shape index (κ1) is 25.5. The third kappa shape index (κ3) is 6.95. The number of aromatic nitrogens is 1. The van der Waals surface area contributed by atoms with Crippen molar-refractivity contribution in [1.29, 1.82) is 0 Å². The minimum atomic E-state index is 0. The van der Waals surface area contributed by atoms with Gasteiger partial charge in [0.1, 0.15) is 0 Å². The highest BCUT2D eigenvalue weighted by molar-refractivity contribution is 14.0. The normalized spacial score (nSPS) is 22.2. The van der Waals surface area contributed by atoms with Crippen molar-refractivity contribution < 1.29 is 4.79 Å². The monoisotopic (exact) mass is 574 g/mol. The molecule has 1 aliphatic carbocycles. The standard InChI is InChI=1S/C23H38N6OS.HI/c1-2-24-22(25-12-10-20-17-31-23(27-20)28-13-6-7-14-28)26-19-11-15-29(16-19)21(30)18-8-4-3-5-9-18;/h17-19H,2-16H2,1H3,(H2,24,25,26);1H. The van der Waals surface area contributed by atoms with Gasteiger partial charge in [-0.15, -0.1) is 35.3 Å². The lowest BCUT2D eigenvalue weighted by molar-refractivity contribution is -0.135. The molecule has 180 valence electrons. The zero-order valence-electron chi connectivity index (χ0n) is 19.4. The summed E-state index contributed by atoms with van der Waals surface area (Å²) in [4.78, 5) is 26.9. The molecule has 0 bridgehead atoms. The van der Waals surface area contributed by atoms with Crippen LogP contribution in [0, 0.1) is 5.92 Å². The Morgan fingerprint density at radius 1 is 1.16 bits per heavy atom. The molecular weight excluding hydrogens is 535 g/mol. The lowest BCUT2D eigenvalue weighted by Gasteiger charge is -2.26. The van der Waals surface area contributed by atoms with Crippen LogP contribution in [0.1, 0.15) is 64.0 Å². The molecule has 0 radical (unpaired) electrons. The maximum absolute atomic E-state index is 12.8. The topological polar surface area (TPSA) is 72.9 Å². The van der Waals surface area contributed by atoms with Crippen LogP contribution in [0.15, 0.2) is 10.4 Å². The average Bonchev–Trinajstić information content (AvgIpc) is 3.56. The van der Waals surface area contributed by atoms with Gasteiger partial charge in [-0.3, -0.25) is 9.79 Å². The van der Waals surface area contributed by atoms with Crippen molar-refractivity contribution in [3.63, 3.8) is 0 Å². The molecule has 4 rings (SSSR count). The zero-order valence-corrected chi connectivity index (χ0v) is 22.5. The molecule has 9 heteroatoms. The molecule has 1 amide bonds. The summed E-state index contributed by atoms with van der Waals surface area (Å²) in [7, 11) is 0. The molecule has 32 heavy (non-hydrogen) atoms. The van der Waals surface area contributed by atoms with Gasteiger partial charge in [0.05, 0.1) is 5.69 Å². The molecule has 3 aliphatic rings. The summed E-state index contributed by atoms with van der Waals surface area (Å²) in [5.74, 6) is 1.50. The predicted octanol–water partition coefficient (Wildman–Crippen LogP) is 3.64. The van der Waals surface area contributed by atoms with Gasteiger partial charge in [-0.2, -0.15) is 0 Å². The number of aliphatic imine (C=N–C) groups is 1. The third-order valence-corrected chi connectivity index (χ3v) is 7.64. The lowest BCUT2D eigenvalue weighted by atomic mass is 9.88. The summed E-state index contributed by atoms with van der Waals surface area (Å²) in [6.07, 6.45) is 10.3. The van der Waals surface area contributed by atoms with Gasteiger partial charge in [-0.1, -0.05) is 19.3 Å². The van der Waals surface area contributed by atoms with Crippen LogP contribution >= 0.6 is 35.3 Å². The fraction of sp³-hybridized carbons (Fsp3) is 0.783.